The molecule has 2 aliphatic heterocycles. The first kappa shape index (κ1) is 45.3. The van der Waals surface area contributed by atoms with Gasteiger partial charge in [0.15, 0.2) is 16.6 Å². The highest BCUT2D eigenvalue weighted by Gasteiger charge is 2.37. The summed E-state index contributed by atoms with van der Waals surface area (Å²) < 4.78 is 12.2. The minimum atomic E-state index is -1.59. The molecule has 0 unspecified atom stereocenters. The second-order valence-electron chi connectivity index (χ2n) is 13.9. The number of hydrogen-bond donors (Lipinski definition) is 6. The van der Waals surface area contributed by atoms with Crippen LogP contribution in [0.5, 0.6) is 0 Å². The maximum absolute atomic E-state index is 8.54. The van der Waals surface area contributed by atoms with Crippen LogP contribution in [0.3, 0.4) is 0 Å². The summed E-state index contributed by atoms with van der Waals surface area (Å²) in [6, 6.07) is 0. The SMILES string of the molecule is CC.CC.CC1=C(CCO)NCN1.CC1=C(CCO[Si](C)(C)C(C)(C)C)NCN1.Cc1[nH]cnc1CCO[Si](C)(C)C(C)(C)C. The molecule has 0 saturated carbocycles. The second-order valence-corrected chi connectivity index (χ2v) is 23.6. The van der Waals surface area contributed by atoms with Crippen molar-refractivity contribution in [3.63, 3.8) is 0 Å². The van der Waals surface area contributed by atoms with Crippen LogP contribution in [0.2, 0.25) is 36.3 Å². The van der Waals surface area contributed by atoms with Crippen LogP contribution in [-0.4, -0.2) is 64.9 Å². The Bertz CT molecular complexity index is 993. The van der Waals surface area contributed by atoms with Crippen LogP contribution in [0.1, 0.15) is 107 Å². The van der Waals surface area contributed by atoms with Crippen LogP contribution in [-0.2, 0) is 15.3 Å². The number of aromatic amines is 1. The molecule has 0 atom stereocenters. The molecule has 0 spiro atoms. The number of aryl methyl sites for hydroxylation is 1. The minimum Gasteiger partial charge on any atom is -0.416 e. The van der Waals surface area contributed by atoms with Gasteiger partial charge in [-0.3, -0.25) is 0 Å². The lowest BCUT2D eigenvalue weighted by Crippen LogP contribution is -2.41. The number of H-pyrrole nitrogens is 1. The molecule has 6 N–H and O–H groups in total. The fourth-order valence-electron chi connectivity index (χ4n) is 3.59. The summed E-state index contributed by atoms with van der Waals surface area (Å²) in [5.41, 5.74) is 7.14. The third kappa shape index (κ3) is 17.1. The molecule has 11 heteroatoms. The van der Waals surface area contributed by atoms with Gasteiger partial charge in [-0.2, -0.15) is 0 Å². The summed E-state index contributed by atoms with van der Waals surface area (Å²) in [7, 11) is -3.16. The van der Waals surface area contributed by atoms with E-state index in [0.29, 0.717) is 5.04 Å². The van der Waals surface area contributed by atoms with Crippen molar-refractivity contribution in [2.45, 2.75) is 146 Å². The van der Waals surface area contributed by atoms with E-state index in [2.05, 4.69) is 113 Å². The van der Waals surface area contributed by atoms with Crippen LogP contribution >= 0.6 is 0 Å². The van der Waals surface area contributed by atoms with Gasteiger partial charge in [-0.1, -0.05) is 69.2 Å². The van der Waals surface area contributed by atoms with Crippen molar-refractivity contribution in [2.75, 3.05) is 33.2 Å². The molecular formula is C34H74N6O3Si2. The van der Waals surface area contributed by atoms with Gasteiger partial charge in [0, 0.05) is 67.6 Å². The Balaban J connectivity index is 0. The first-order valence-electron chi connectivity index (χ1n) is 17.0. The summed E-state index contributed by atoms with van der Waals surface area (Å²) in [6.07, 6.45) is 4.38. The Morgan fingerprint density at radius 2 is 1.09 bits per heavy atom. The molecular weight excluding hydrogens is 597 g/mol. The van der Waals surface area contributed by atoms with E-state index in [0.717, 1.165) is 68.6 Å². The molecule has 3 rings (SSSR count). The summed E-state index contributed by atoms with van der Waals surface area (Å²) in [5.74, 6) is 0. The van der Waals surface area contributed by atoms with Gasteiger partial charge < -0.3 is 40.2 Å². The van der Waals surface area contributed by atoms with Crippen molar-refractivity contribution in [1.29, 1.82) is 0 Å². The summed E-state index contributed by atoms with van der Waals surface area (Å²) >= 11 is 0. The number of aliphatic hydroxyl groups is 1. The molecule has 0 saturated heterocycles. The Labute approximate surface area is 280 Å². The molecule has 1 aromatic heterocycles. The number of rotatable bonds is 10. The Hall–Kier alpha value is -1.80. The van der Waals surface area contributed by atoms with Crippen LogP contribution in [0, 0.1) is 6.92 Å². The normalized spacial score (nSPS) is 14.6. The predicted molar refractivity (Wildman–Crippen MR) is 200 cm³/mol. The molecule has 0 amide bonds. The Kier molecular flexibility index (Phi) is 22.1. The zero-order valence-electron chi connectivity index (χ0n) is 32.4. The first-order chi connectivity index (χ1) is 20.8. The van der Waals surface area contributed by atoms with Crippen LogP contribution in [0.4, 0.5) is 0 Å². The van der Waals surface area contributed by atoms with E-state index in [1.807, 2.05) is 34.6 Å². The van der Waals surface area contributed by atoms with E-state index in [9.17, 15) is 0 Å². The molecule has 0 aromatic carbocycles. The summed E-state index contributed by atoms with van der Waals surface area (Å²) in [6.45, 7) is 40.5. The number of imidazole rings is 1. The van der Waals surface area contributed by atoms with Gasteiger partial charge in [-0.15, -0.1) is 0 Å². The molecule has 0 radical (unpaired) electrons. The molecule has 2 aliphatic rings. The maximum Gasteiger partial charge on any atom is 0.191 e. The summed E-state index contributed by atoms with van der Waals surface area (Å²) in [5, 5.41) is 22.0. The minimum absolute atomic E-state index is 0.224. The van der Waals surface area contributed by atoms with Crippen molar-refractivity contribution >= 4 is 16.6 Å². The third-order valence-corrected chi connectivity index (χ3v) is 17.8. The Morgan fingerprint density at radius 3 is 1.40 bits per heavy atom. The number of aromatic nitrogens is 2. The third-order valence-electron chi connectivity index (χ3n) is 8.74. The lowest BCUT2D eigenvalue weighted by atomic mass is 10.2. The van der Waals surface area contributed by atoms with Gasteiger partial charge in [0.1, 0.15) is 0 Å². The van der Waals surface area contributed by atoms with Gasteiger partial charge in [0.05, 0.1) is 25.4 Å². The van der Waals surface area contributed by atoms with Crippen molar-refractivity contribution in [3.05, 3.63) is 40.5 Å². The topological polar surface area (TPSA) is 115 Å². The maximum atomic E-state index is 8.54. The van der Waals surface area contributed by atoms with E-state index in [1.54, 1.807) is 6.33 Å². The molecule has 1 aromatic rings. The van der Waals surface area contributed by atoms with Crippen LogP contribution in [0.25, 0.3) is 0 Å². The average molecular weight is 671 g/mol. The number of nitrogens with one attached hydrogen (secondary N) is 5. The zero-order chi connectivity index (χ0) is 35.5. The quantitative estimate of drug-likeness (QED) is 0.139. The van der Waals surface area contributed by atoms with Gasteiger partial charge in [-0.25, -0.2) is 4.98 Å². The van der Waals surface area contributed by atoms with E-state index in [-0.39, 0.29) is 11.6 Å². The monoisotopic (exact) mass is 671 g/mol. The molecule has 266 valence electrons. The predicted octanol–water partition coefficient (Wildman–Crippen LogP) is 7.87. The summed E-state index contributed by atoms with van der Waals surface area (Å²) in [4.78, 5) is 7.37. The first-order valence-corrected chi connectivity index (χ1v) is 22.9. The molecule has 45 heavy (non-hydrogen) atoms. The molecule has 3 heterocycles. The zero-order valence-corrected chi connectivity index (χ0v) is 34.4. The van der Waals surface area contributed by atoms with Gasteiger partial charge in [0.25, 0.3) is 0 Å². The fourth-order valence-corrected chi connectivity index (χ4v) is 5.68. The largest absolute Gasteiger partial charge is 0.416 e. The highest BCUT2D eigenvalue weighted by Crippen LogP contribution is 2.37. The molecule has 0 aliphatic carbocycles. The Morgan fingerprint density at radius 1 is 0.689 bits per heavy atom. The van der Waals surface area contributed by atoms with E-state index in [4.69, 9.17) is 14.0 Å². The van der Waals surface area contributed by atoms with Crippen molar-refractivity contribution in [1.82, 2.24) is 31.2 Å². The van der Waals surface area contributed by atoms with Crippen molar-refractivity contribution in [3.8, 4) is 0 Å². The van der Waals surface area contributed by atoms with Gasteiger partial charge in [0.2, 0.25) is 0 Å². The molecule has 0 fully saturated rings. The second kappa shape index (κ2) is 21.9. The van der Waals surface area contributed by atoms with Crippen molar-refractivity contribution in [2.24, 2.45) is 0 Å². The fraction of sp³-hybridized carbons (Fsp3) is 0.794. The van der Waals surface area contributed by atoms with Crippen molar-refractivity contribution < 1.29 is 14.0 Å². The molecule has 9 nitrogen and oxygen atoms in total. The highest BCUT2D eigenvalue weighted by atomic mass is 28.4. The van der Waals surface area contributed by atoms with E-state index < -0.39 is 16.6 Å². The smallest absolute Gasteiger partial charge is 0.191 e. The number of hydrogen-bond acceptors (Lipinski definition) is 8. The van der Waals surface area contributed by atoms with Gasteiger partial charge >= 0.3 is 0 Å². The number of aliphatic hydroxyl groups excluding tert-OH is 1. The van der Waals surface area contributed by atoms with Gasteiger partial charge in [-0.05, 0) is 57.0 Å². The number of allylic oxidation sites excluding steroid dienone is 2. The van der Waals surface area contributed by atoms with Crippen LogP contribution < -0.4 is 21.3 Å². The number of nitrogens with zero attached hydrogens (tertiary/aromatic N) is 1. The average Bonchev–Trinajstić information content (AvgIpc) is 3.68. The lowest BCUT2D eigenvalue weighted by Gasteiger charge is -2.36. The van der Waals surface area contributed by atoms with Crippen LogP contribution in [0.15, 0.2) is 29.1 Å². The standard InChI is InChI=1S/C12H26N2OSi.C12H24N2OSi.C6H12N2O.2C2H6/c2*1-10-11(14-9-13-10)7-8-15-16(5,6)12(2,3)4;1-5-6(2-3-9)8-4-7-5;2*1-2/h13-14H,7-9H2,1-6H3;9H,7-8H2,1-6H3,(H,13,14);7-9H,2-4H2,1H3;2*1-2H3. The van der Waals surface area contributed by atoms with E-state index in [1.165, 1.54) is 11.4 Å². The lowest BCUT2D eigenvalue weighted by molar-refractivity contribution is 0.289. The molecule has 0 bridgehead atoms. The highest BCUT2D eigenvalue weighted by molar-refractivity contribution is 6.74. The van der Waals surface area contributed by atoms with E-state index >= 15 is 0 Å².